The zero-order valence-corrected chi connectivity index (χ0v) is 17.9. The van der Waals surface area contributed by atoms with Gasteiger partial charge in [0.05, 0.1) is 30.8 Å². The van der Waals surface area contributed by atoms with Gasteiger partial charge in [-0.2, -0.15) is 0 Å². The molecule has 0 bridgehead atoms. The van der Waals surface area contributed by atoms with Crippen molar-refractivity contribution >= 4 is 40.6 Å². The van der Waals surface area contributed by atoms with E-state index in [1.54, 1.807) is 31.0 Å². The van der Waals surface area contributed by atoms with Gasteiger partial charge in [-0.05, 0) is 50.4 Å². The van der Waals surface area contributed by atoms with Crippen LogP contribution >= 0.6 is 11.6 Å². The maximum Gasteiger partial charge on any atom is 0.242 e. The molecule has 1 aromatic carbocycles. The third-order valence-corrected chi connectivity index (χ3v) is 5.16. The van der Waals surface area contributed by atoms with Crippen LogP contribution < -0.4 is 15.5 Å². The lowest BCUT2D eigenvalue weighted by molar-refractivity contribution is -0.122. The van der Waals surface area contributed by atoms with Crippen LogP contribution in [0.15, 0.2) is 42.6 Å². The smallest absolute Gasteiger partial charge is 0.242 e. The van der Waals surface area contributed by atoms with E-state index < -0.39 is 6.04 Å². The van der Waals surface area contributed by atoms with Crippen LogP contribution in [0.2, 0.25) is 5.02 Å². The van der Waals surface area contributed by atoms with E-state index in [0.717, 1.165) is 32.0 Å². The second-order valence-electron chi connectivity index (χ2n) is 7.14. The van der Waals surface area contributed by atoms with Crippen LogP contribution in [-0.2, 0) is 14.3 Å². The first kappa shape index (κ1) is 22.0. The molecular formula is C21H26ClN5O3. The minimum Gasteiger partial charge on any atom is -0.378 e. The molecule has 1 unspecified atom stereocenters. The van der Waals surface area contributed by atoms with Crippen LogP contribution in [0, 0.1) is 0 Å². The maximum absolute atomic E-state index is 12.4. The lowest BCUT2D eigenvalue weighted by Gasteiger charge is -2.29. The van der Waals surface area contributed by atoms with Crippen LogP contribution in [0.4, 0.5) is 17.2 Å². The molecule has 1 aliphatic rings. The second kappa shape index (κ2) is 10.4. The molecule has 0 saturated carbocycles. The molecule has 0 radical (unpaired) electrons. The molecule has 8 nitrogen and oxygen atoms in total. The molecule has 9 heteroatoms. The normalized spacial score (nSPS) is 15.0. The summed E-state index contributed by atoms with van der Waals surface area (Å²) in [6, 6.07) is 10.5. The van der Waals surface area contributed by atoms with Gasteiger partial charge < -0.3 is 20.3 Å². The molecule has 30 heavy (non-hydrogen) atoms. The number of nitrogens with one attached hydrogen (secondary N) is 2. The molecule has 0 aliphatic carbocycles. The number of morpholine rings is 1. The van der Waals surface area contributed by atoms with E-state index in [2.05, 4.69) is 20.5 Å². The van der Waals surface area contributed by atoms with E-state index >= 15 is 0 Å². The molecule has 3 rings (SSSR count). The molecule has 2 N–H and O–H groups in total. The molecule has 2 amide bonds. The van der Waals surface area contributed by atoms with Crippen molar-refractivity contribution in [2.45, 2.75) is 13.0 Å². The van der Waals surface area contributed by atoms with Crippen molar-refractivity contribution in [3.8, 4) is 0 Å². The molecule has 1 saturated heterocycles. The number of hydrogen-bond donors (Lipinski definition) is 2. The number of nitrogens with zero attached hydrogens (tertiary/aromatic N) is 3. The van der Waals surface area contributed by atoms with Gasteiger partial charge in [-0.25, -0.2) is 4.98 Å². The van der Waals surface area contributed by atoms with Crippen molar-refractivity contribution in [1.29, 1.82) is 0 Å². The van der Waals surface area contributed by atoms with Gasteiger partial charge in [0.1, 0.15) is 5.82 Å². The third-order valence-electron chi connectivity index (χ3n) is 4.94. The van der Waals surface area contributed by atoms with E-state index in [4.69, 9.17) is 16.3 Å². The summed E-state index contributed by atoms with van der Waals surface area (Å²) in [6.07, 6.45) is 1.46. The lowest BCUT2D eigenvalue weighted by atomic mass is 10.2. The maximum atomic E-state index is 12.4. The Bertz CT molecular complexity index is 854. The Labute approximate surface area is 181 Å². The number of ether oxygens (including phenoxy) is 1. The molecular weight excluding hydrogens is 406 g/mol. The minimum absolute atomic E-state index is 0.0772. The molecule has 0 spiro atoms. The number of carbonyl (C=O) groups is 2. The van der Waals surface area contributed by atoms with E-state index in [1.807, 2.05) is 24.3 Å². The summed E-state index contributed by atoms with van der Waals surface area (Å²) in [5, 5.41) is 6.08. The van der Waals surface area contributed by atoms with Gasteiger partial charge in [-0.15, -0.1) is 0 Å². The van der Waals surface area contributed by atoms with Crippen molar-refractivity contribution in [1.82, 2.24) is 9.88 Å². The SMILES string of the molecule is CC(C(=O)Nc1ccc(Cl)cn1)N(C)CC(=O)Nc1ccc(N2CCOCC2)cc1. The van der Waals surface area contributed by atoms with Crippen molar-refractivity contribution in [3.05, 3.63) is 47.6 Å². The number of hydrogen-bond acceptors (Lipinski definition) is 6. The molecule has 2 heterocycles. The Morgan fingerprint density at radius 1 is 1.17 bits per heavy atom. The fraction of sp³-hybridized carbons (Fsp3) is 0.381. The predicted octanol–water partition coefficient (Wildman–Crippen LogP) is 2.47. The van der Waals surface area contributed by atoms with Crippen molar-refractivity contribution in [3.63, 3.8) is 0 Å². The average molecular weight is 432 g/mol. The Kier molecular flexibility index (Phi) is 7.62. The number of amides is 2. The number of likely N-dealkylation sites (N-methyl/N-ethyl adjacent to an activating group) is 1. The Morgan fingerprint density at radius 3 is 2.50 bits per heavy atom. The fourth-order valence-electron chi connectivity index (χ4n) is 3.02. The van der Waals surface area contributed by atoms with Gasteiger partial charge in [0, 0.05) is 30.7 Å². The minimum atomic E-state index is -0.517. The van der Waals surface area contributed by atoms with Gasteiger partial charge in [-0.1, -0.05) is 11.6 Å². The van der Waals surface area contributed by atoms with Gasteiger partial charge >= 0.3 is 0 Å². The first-order valence-electron chi connectivity index (χ1n) is 9.77. The Hall–Kier alpha value is -2.68. The van der Waals surface area contributed by atoms with Crippen LogP contribution in [0.3, 0.4) is 0 Å². The van der Waals surface area contributed by atoms with Crippen LogP contribution in [0.5, 0.6) is 0 Å². The van der Waals surface area contributed by atoms with Gasteiger partial charge in [0.15, 0.2) is 0 Å². The van der Waals surface area contributed by atoms with Crippen LogP contribution in [0.1, 0.15) is 6.92 Å². The average Bonchev–Trinajstić information content (AvgIpc) is 2.75. The van der Waals surface area contributed by atoms with Crippen molar-refractivity contribution < 1.29 is 14.3 Å². The van der Waals surface area contributed by atoms with Crippen LogP contribution in [0.25, 0.3) is 0 Å². The highest BCUT2D eigenvalue weighted by Crippen LogP contribution is 2.19. The van der Waals surface area contributed by atoms with Gasteiger partial charge in [0.25, 0.3) is 0 Å². The highest BCUT2D eigenvalue weighted by molar-refractivity contribution is 6.30. The summed E-state index contributed by atoms with van der Waals surface area (Å²) in [6.45, 7) is 4.99. The number of benzene rings is 1. The summed E-state index contributed by atoms with van der Waals surface area (Å²) in [5.41, 5.74) is 1.82. The largest absolute Gasteiger partial charge is 0.378 e. The fourth-order valence-corrected chi connectivity index (χ4v) is 3.13. The van der Waals surface area contributed by atoms with Crippen LogP contribution in [-0.4, -0.2) is 67.6 Å². The number of aromatic nitrogens is 1. The standard InChI is InChI=1S/C21H26ClN5O3/c1-15(21(29)25-19-8-3-16(22)13-23-19)26(2)14-20(28)24-17-4-6-18(7-5-17)27-9-11-30-12-10-27/h3-8,13,15H,9-12,14H2,1-2H3,(H,24,28)(H,23,25,29). The monoisotopic (exact) mass is 431 g/mol. The zero-order valence-electron chi connectivity index (χ0n) is 17.1. The number of pyridine rings is 1. The van der Waals surface area contributed by atoms with Crippen molar-refractivity contribution in [2.24, 2.45) is 0 Å². The lowest BCUT2D eigenvalue weighted by Crippen LogP contribution is -2.43. The first-order valence-corrected chi connectivity index (χ1v) is 10.2. The highest BCUT2D eigenvalue weighted by atomic mass is 35.5. The molecule has 1 atom stereocenters. The zero-order chi connectivity index (χ0) is 21.5. The third kappa shape index (κ3) is 6.16. The Balaban J connectivity index is 1.48. The number of anilines is 3. The molecule has 1 fully saturated rings. The quantitative estimate of drug-likeness (QED) is 0.700. The van der Waals surface area contributed by atoms with Gasteiger partial charge in [-0.3, -0.25) is 14.5 Å². The first-order chi connectivity index (χ1) is 14.4. The molecule has 160 valence electrons. The Morgan fingerprint density at radius 2 is 1.87 bits per heavy atom. The summed E-state index contributed by atoms with van der Waals surface area (Å²) in [7, 11) is 1.72. The van der Waals surface area contributed by atoms with E-state index in [0.29, 0.717) is 16.5 Å². The van der Waals surface area contributed by atoms with E-state index in [9.17, 15) is 9.59 Å². The number of halogens is 1. The molecule has 1 aliphatic heterocycles. The second-order valence-corrected chi connectivity index (χ2v) is 7.57. The number of carbonyl (C=O) groups excluding carboxylic acids is 2. The molecule has 2 aromatic rings. The van der Waals surface area contributed by atoms with Gasteiger partial charge in [0.2, 0.25) is 11.8 Å². The van der Waals surface area contributed by atoms with E-state index in [1.165, 1.54) is 6.20 Å². The summed E-state index contributed by atoms with van der Waals surface area (Å²) in [5.74, 6) is -0.0367. The summed E-state index contributed by atoms with van der Waals surface area (Å²) < 4.78 is 5.37. The summed E-state index contributed by atoms with van der Waals surface area (Å²) >= 11 is 5.80. The predicted molar refractivity (Wildman–Crippen MR) is 118 cm³/mol. The molecule has 1 aromatic heterocycles. The number of rotatable bonds is 7. The topological polar surface area (TPSA) is 86.8 Å². The van der Waals surface area contributed by atoms with Crippen molar-refractivity contribution in [2.75, 3.05) is 55.4 Å². The highest BCUT2D eigenvalue weighted by Gasteiger charge is 2.21. The summed E-state index contributed by atoms with van der Waals surface area (Å²) in [4.78, 5) is 32.8. The van der Waals surface area contributed by atoms with E-state index in [-0.39, 0.29) is 18.4 Å².